The van der Waals surface area contributed by atoms with E-state index in [4.69, 9.17) is 0 Å². The van der Waals surface area contributed by atoms with Crippen molar-refractivity contribution in [3.63, 3.8) is 0 Å². The second-order valence-corrected chi connectivity index (χ2v) is 9.40. The predicted molar refractivity (Wildman–Crippen MR) is 86.9 cm³/mol. The van der Waals surface area contributed by atoms with Crippen molar-refractivity contribution in [1.82, 2.24) is 0 Å². The van der Waals surface area contributed by atoms with Crippen LogP contribution in [0.3, 0.4) is 0 Å². The molecule has 0 aromatic carbocycles. The van der Waals surface area contributed by atoms with Gasteiger partial charge in [0.05, 0.1) is 0 Å². The molecule has 4 aliphatic carbocycles. The van der Waals surface area contributed by atoms with Crippen molar-refractivity contribution in [2.24, 2.45) is 40.4 Å². The summed E-state index contributed by atoms with van der Waals surface area (Å²) in [5.41, 5.74) is 1.13. The highest BCUT2D eigenvalue weighted by molar-refractivity contribution is 5.08. The average molecular weight is 290 g/mol. The summed E-state index contributed by atoms with van der Waals surface area (Å²) < 4.78 is 0. The fourth-order valence-corrected chi connectivity index (χ4v) is 7.70. The molecule has 2 unspecified atom stereocenters. The Hall–Kier alpha value is -0.0400. The highest BCUT2D eigenvalue weighted by atomic mass is 16.3. The van der Waals surface area contributed by atoms with E-state index in [0.29, 0.717) is 23.4 Å². The Labute approximate surface area is 130 Å². The van der Waals surface area contributed by atoms with Gasteiger partial charge >= 0.3 is 0 Å². The molecule has 0 aliphatic heterocycles. The first-order chi connectivity index (χ1) is 10.1. The van der Waals surface area contributed by atoms with E-state index in [1.54, 1.807) is 0 Å². The van der Waals surface area contributed by atoms with Crippen molar-refractivity contribution in [2.75, 3.05) is 6.61 Å². The van der Waals surface area contributed by atoms with Crippen molar-refractivity contribution < 1.29 is 5.11 Å². The van der Waals surface area contributed by atoms with Gasteiger partial charge in [-0.05, 0) is 91.8 Å². The highest BCUT2D eigenvalue weighted by Crippen LogP contribution is 2.67. The summed E-state index contributed by atoms with van der Waals surface area (Å²) in [5.74, 6) is 4.55. The van der Waals surface area contributed by atoms with E-state index in [0.717, 1.165) is 23.7 Å². The van der Waals surface area contributed by atoms with E-state index >= 15 is 0 Å². The molecular weight excluding hydrogens is 256 g/mol. The molecule has 4 aliphatic rings. The molecule has 0 heterocycles. The normalized spacial score (nSPS) is 56.4. The molecule has 1 nitrogen and oxygen atoms in total. The number of aliphatic hydroxyl groups excluding tert-OH is 1. The molecule has 0 saturated heterocycles. The molecule has 7 atom stereocenters. The van der Waals surface area contributed by atoms with Gasteiger partial charge in [-0.2, -0.15) is 0 Å². The lowest BCUT2D eigenvalue weighted by molar-refractivity contribution is -0.113. The van der Waals surface area contributed by atoms with E-state index in [1.807, 2.05) is 0 Å². The van der Waals surface area contributed by atoms with Gasteiger partial charge in [0, 0.05) is 6.61 Å². The Bertz CT molecular complexity index is 405. The molecule has 0 amide bonds. The van der Waals surface area contributed by atoms with Gasteiger partial charge in [-0.25, -0.2) is 0 Å². The highest BCUT2D eigenvalue weighted by Gasteiger charge is 2.59. The molecule has 0 radical (unpaired) electrons. The third kappa shape index (κ3) is 1.92. The van der Waals surface area contributed by atoms with Crippen molar-refractivity contribution in [3.8, 4) is 0 Å². The monoisotopic (exact) mass is 290 g/mol. The van der Waals surface area contributed by atoms with Crippen LogP contribution in [-0.2, 0) is 0 Å². The predicted octanol–water partition coefficient (Wildman–Crippen LogP) is 5.03. The molecule has 1 heteroatoms. The van der Waals surface area contributed by atoms with E-state index in [9.17, 15) is 5.11 Å². The molecule has 0 aromatic heterocycles. The van der Waals surface area contributed by atoms with Crippen LogP contribution >= 0.6 is 0 Å². The van der Waals surface area contributed by atoms with Gasteiger partial charge in [0.15, 0.2) is 0 Å². The zero-order valence-electron chi connectivity index (χ0n) is 14.1. The first-order valence-corrected chi connectivity index (χ1v) is 9.70. The van der Waals surface area contributed by atoms with Gasteiger partial charge in [0.1, 0.15) is 0 Å². The molecule has 4 fully saturated rings. The van der Waals surface area contributed by atoms with Gasteiger partial charge in [0.2, 0.25) is 0 Å². The molecule has 4 saturated carbocycles. The van der Waals surface area contributed by atoms with Gasteiger partial charge in [-0.3, -0.25) is 0 Å². The molecular formula is C20H34O. The van der Waals surface area contributed by atoms with Crippen molar-refractivity contribution in [2.45, 2.75) is 78.1 Å². The summed E-state index contributed by atoms with van der Waals surface area (Å²) in [6, 6.07) is 0. The van der Waals surface area contributed by atoms with Crippen LogP contribution in [0.15, 0.2) is 0 Å². The summed E-state index contributed by atoms with van der Waals surface area (Å²) in [4.78, 5) is 0. The second-order valence-electron chi connectivity index (χ2n) is 9.40. The third-order valence-corrected chi connectivity index (χ3v) is 9.00. The lowest BCUT2D eigenvalue weighted by Gasteiger charge is -2.60. The maximum Gasteiger partial charge on any atom is 0.0464 e. The average Bonchev–Trinajstić information content (AvgIpc) is 2.83. The number of rotatable bonds is 1. The number of fused-ring (bicyclic) bond motifs is 5. The summed E-state index contributed by atoms with van der Waals surface area (Å²) in [7, 11) is 0. The van der Waals surface area contributed by atoms with E-state index in [2.05, 4.69) is 13.8 Å². The quantitative estimate of drug-likeness (QED) is 0.718. The maximum atomic E-state index is 9.80. The molecule has 120 valence electrons. The molecule has 0 aromatic rings. The second kappa shape index (κ2) is 4.98. The Kier molecular flexibility index (Phi) is 3.45. The largest absolute Gasteiger partial charge is 0.396 e. The van der Waals surface area contributed by atoms with Crippen LogP contribution in [-0.4, -0.2) is 11.7 Å². The van der Waals surface area contributed by atoms with Crippen LogP contribution in [0.2, 0.25) is 0 Å². The standard InChI is InChI=1S/C20H34O/c1-19-11-4-3-5-14(19)6-8-16-17-9-7-15(13-21)20(17,2)12-10-18(16)19/h14-18,21H,3-13H2,1-2H3/t14?,15?,16-,17-,18-,19-,20+/m0/s1. The van der Waals surface area contributed by atoms with E-state index < -0.39 is 0 Å². The van der Waals surface area contributed by atoms with Crippen LogP contribution < -0.4 is 0 Å². The summed E-state index contributed by atoms with van der Waals surface area (Å²) in [6.07, 6.45) is 14.6. The Morgan fingerprint density at radius 3 is 2.43 bits per heavy atom. The van der Waals surface area contributed by atoms with Crippen LogP contribution in [0.5, 0.6) is 0 Å². The fraction of sp³-hybridized carbons (Fsp3) is 1.00. The van der Waals surface area contributed by atoms with Gasteiger partial charge in [-0.15, -0.1) is 0 Å². The van der Waals surface area contributed by atoms with E-state index in [1.165, 1.54) is 64.2 Å². The van der Waals surface area contributed by atoms with Gasteiger partial charge in [-0.1, -0.05) is 26.7 Å². The summed E-state index contributed by atoms with van der Waals surface area (Å²) >= 11 is 0. The zero-order chi connectivity index (χ0) is 14.7. The molecule has 0 bridgehead atoms. The first-order valence-electron chi connectivity index (χ1n) is 9.70. The Morgan fingerprint density at radius 2 is 1.62 bits per heavy atom. The van der Waals surface area contributed by atoms with Crippen LogP contribution in [0.1, 0.15) is 78.1 Å². The number of hydrogen-bond acceptors (Lipinski definition) is 1. The molecule has 0 spiro atoms. The van der Waals surface area contributed by atoms with Crippen LogP contribution in [0.25, 0.3) is 0 Å². The smallest absolute Gasteiger partial charge is 0.0464 e. The Morgan fingerprint density at radius 1 is 0.810 bits per heavy atom. The fourth-order valence-electron chi connectivity index (χ4n) is 7.70. The lowest BCUT2D eigenvalue weighted by Crippen LogP contribution is -2.52. The minimum atomic E-state index is 0.435. The number of hydrogen-bond donors (Lipinski definition) is 1. The first kappa shape index (κ1) is 14.5. The SMILES string of the molecule is C[C@]12CCCCC1CC[C@@H]1[C@@H]2CC[C@]2(C)C(CO)CC[C@@H]12. The minimum Gasteiger partial charge on any atom is -0.396 e. The number of aliphatic hydroxyl groups is 1. The lowest BCUT2D eigenvalue weighted by atomic mass is 9.45. The molecule has 1 N–H and O–H groups in total. The molecule has 4 rings (SSSR count). The van der Waals surface area contributed by atoms with Gasteiger partial charge in [0.25, 0.3) is 0 Å². The zero-order valence-corrected chi connectivity index (χ0v) is 14.1. The molecule has 21 heavy (non-hydrogen) atoms. The van der Waals surface area contributed by atoms with Gasteiger partial charge < -0.3 is 5.11 Å². The maximum absolute atomic E-state index is 9.80. The summed E-state index contributed by atoms with van der Waals surface area (Å²) in [5, 5.41) is 9.80. The van der Waals surface area contributed by atoms with E-state index in [-0.39, 0.29) is 0 Å². The minimum absolute atomic E-state index is 0.435. The van der Waals surface area contributed by atoms with Crippen molar-refractivity contribution in [1.29, 1.82) is 0 Å². The third-order valence-electron chi connectivity index (χ3n) is 9.00. The van der Waals surface area contributed by atoms with Crippen LogP contribution in [0, 0.1) is 40.4 Å². The van der Waals surface area contributed by atoms with Crippen molar-refractivity contribution in [3.05, 3.63) is 0 Å². The summed E-state index contributed by atoms with van der Waals surface area (Å²) in [6.45, 7) is 5.62. The van der Waals surface area contributed by atoms with Crippen LogP contribution in [0.4, 0.5) is 0 Å². The topological polar surface area (TPSA) is 20.2 Å². The van der Waals surface area contributed by atoms with Crippen molar-refractivity contribution >= 4 is 0 Å². The Balaban J connectivity index is 1.62.